The standard InChI is InChI=1S/C14H15N5O5/c1-22-10-6-12(24-3)11(23-2)4-7(10)9-5-8(13(20)21)15-14-16-17-18-19(9)14/h4-6,9H,1-3H3,(H,20,21)(H,15,16,18). The maximum Gasteiger partial charge on any atom is 0.352 e. The second-order valence-electron chi connectivity index (χ2n) is 4.85. The van der Waals surface area contributed by atoms with Gasteiger partial charge in [-0.3, -0.25) is 0 Å². The number of allylic oxidation sites excluding steroid dienone is 1. The summed E-state index contributed by atoms with van der Waals surface area (Å²) in [5.74, 6) is 0.561. The molecular formula is C14H15N5O5. The summed E-state index contributed by atoms with van der Waals surface area (Å²) in [7, 11) is 4.54. The van der Waals surface area contributed by atoms with E-state index in [9.17, 15) is 9.90 Å². The second-order valence-corrected chi connectivity index (χ2v) is 4.85. The van der Waals surface area contributed by atoms with Crippen LogP contribution in [-0.2, 0) is 4.79 Å². The predicted molar refractivity (Wildman–Crippen MR) is 81.4 cm³/mol. The Kier molecular flexibility index (Phi) is 3.94. The molecule has 1 aromatic carbocycles. The number of anilines is 1. The number of tetrazole rings is 1. The van der Waals surface area contributed by atoms with Crippen molar-refractivity contribution in [2.75, 3.05) is 26.6 Å². The van der Waals surface area contributed by atoms with Crippen molar-refractivity contribution in [1.29, 1.82) is 0 Å². The highest BCUT2D eigenvalue weighted by Gasteiger charge is 2.29. The van der Waals surface area contributed by atoms with E-state index in [2.05, 4.69) is 20.8 Å². The fourth-order valence-corrected chi connectivity index (χ4v) is 2.48. The van der Waals surface area contributed by atoms with Gasteiger partial charge in [0.05, 0.1) is 21.3 Å². The van der Waals surface area contributed by atoms with E-state index >= 15 is 0 Å². The predicted octanol–water partition coefficient (Wildman–Crippen LogP) is 0.682. The summed E-state index contributed by atoms with van der Waals surface area (Å²) in [6.07, 6.45) is 1.50. The lowest BCUT2D eigenvalue weighted by molar-refractivity contribution is -0.132. The molecule has 0 spiro atoms. The Morgan fingerprint density at radius 3 is 2.46 bits per heavy atom. The average molecular weight is 333 g/mol. The van der Waals surface area contributed by atoms with Crippen molar-refractivity contribution in [3.05, 3.63) is 29.5 Å². The number of rotatable bonds is 5. The minimum Gasteiger partial charge on any atom is -0.496 e. The number of carboxylic acids is 1. The summed E-state index contributed by atoms with van der Waals surface area (Å²) in [6, 6.07) is 2.78. The Hall–Kier alpha value is -3.30. The molecule has 0 fully saturated rings. The zero-order valence-electron chi connectivity index (χ0n) is 13.2. The minimum atomic E-state index is -1.12. The van der Waals surface area contributed by atoms with Crippen LogP contribution in [0.1, 0.15) is 11.6 Å². The van der Waals surface area contributed by atoms with E-state index in [4.69, 9.17) is 14.2 Å². The van der Waals surface area contributed by atoms with Crippen LogP contribution in [0.5, 0.6) is 17.2 Å². The van der Waals surface area contributed by atoms with Gasteiger partial charge in [0.2, 0.25) is 5.95 Å². The number of ether oxygens (including phenoxy) is 3. The third-order valence-corrected chi connectivity index (χ3v) is 3.61. The van der Waals surface area contributed by atoms with E-state index in [0.29, 0.717) is 22.8 Å². The van der Waals surface area contributed by atoms with Gasteiger partial charge < -0.3 is 24.6 Å². The van der Waals surface area contributed by atoms with Gasteiger partial charge in [-0.1, -0.05) is 5.10 Å². The number of hydrogen-bond donors (Lipinski definition) is 2. The molecule has 1 atom stereocenters. The van der Waals surface area contributed by atoms with Gasteiger partial charge in [0.1, 0.15) is 17.5 Å². The van der Waals surface area contributed by atoms with Crippen LogP contribution in [0.15, 0.2) is 23.9 Å². The van der Waals surface area contributed by atoms with E-state index in [0.717, 1.165) is 0 Å². The SMILES string of the molecule is COc1cc(OC)c(C2C=C(C(=O)O)Nc3nnnn32)cc1OC. The quantitative estimate of drug-likeness (QED) is 0.813. The van der Waals surface area contributed by atoms with Crippen LogP contribution >= 0.6 is 0 Å². The highest BCUT2D eigenvalue weighted by atomic mass is 16.5. The van der Waals surface area contributed by atoms with Crippen molar-refractivity contribution >= 4 is 11.9 Å². The highest BCUT2D eigenvalue weighted by Crippen LogP contribution is 2.40. The van der Waals surface area contributed by atoms with Gasteiger partial charge in [0.15, 0.2) is 11.5 Å². The molecule has 2 heterocycles. The molecule has 10 heteroatoms. The topological polar surface area (TPSA) is 121 Å². The molecule has 1 aliphatic heterocycles. The number of nitrogens with one attached hydrogen (secondary N) is 1. The summed E-state index contributed by atoms with van der Waals surface area (Å²) in [5, 5.41) is 23.2. The minimum absolute atomic E-state index is 0.0286. The fraction of sp³-hybridized carbons (Fsp3) is 0.286. The maximum absolute atomic E-state index is 11.4. The zero-order valence-corrected chi connectivity index (χ0v) is 13.2. The smallest absolute Gasteiger partial charge is 0.352 e. The van der Waals surface area contributed by atoms with Crippen LogP contribution in [0, 0.1) is 0 Å². The molecule has 1 aromatic heterocycles. The van der Waals surface area contributed by atoms with Crippen molar-refractivity contribution < 1.29 is 24.1 Å². The first kappa shape index (κ1) is 15.6. The molecule has 126 valence electrons. The summed E-state index contributed by atoms with van der Waals surface area (Å²) < 4.78 is 17.4. The van der Waals surface area contributed by atoms with Crippen LogP contribution < -0.4 is 19.5 Å². The molecule has 2 N–H and O–H groups in total. The molecule has 0 amide bonds. The normalized spacial score (nSPS) is 15.8. The molecule has 2 aromatic rings. The van der Waals surface area contributed by atoms with Crippen molar-refractivity contribution in [1.82, 2.24) is 20.2 Å². The lowest BCUT2D eigenvalue weighted by Crippen LogP contribution is -2.24. The van der Waals surface area contributed by atoms with Crippen LogP contribution in [0.25, 0.3) is 0 Å². The molecule has 0 bridgehead atoms. The monoisotopic (exact) mass is 333 g/mol. The van der Waals surface area contributed by atoms with Gasteiger partial charge >= 0.3 is 5.97 Å². The molecule has 3 rings (SSSR count). The number of carbonyl (C=O) groups is 1. The Bertz CT molecular complexity index is 816. The van der Waals surface area contributed by atoms with Gasteiger partial charge in [-0.05, 0) is 22.6 Å². The van der Waals surface area contributed by atoms with Gasteiger partial charge in [-0.25, -0.2) is 4.79 Å². The van der Waals surface area contributed by atoms with E-state index in [1.54, 1.807) is 12.1 Å². The van der Waals surface area contributed by atoms with E-state index in [-0.39, 0.29) is 11.6 Å². The summed E-state index contributed by atoms with van der Waals surface area (Å²) in [6.45, 7) is 0. The van der Waals surface area contributed by atoms with E-state index < -0.39 is 12.0 Å². The molecule has 1 aliphatic rings. The lowest BCUT2D eigenvalue weighted by Gasteiger charge is -2.24. The first-order valence-corrected chi connectivity index (χ1v) is 6.89. The molecule has 24 heavy (non-hydrogen) atoms. The van der Waals surface area contributed by atoms with Crippen molar-refractivity contribution in [3.63, 3.8) is 0 Å². The summed E-state index contributed by atoms with van der Waals surface area (Å²) >= 11 is 0. The summed E-state index contributed by atoms with van der Waals surface area (Å²) in [4.78, 5) is 11.4. The molecule has 1 unspecified atom stereocenters. The Balaban J connectivity index is 2.19. The van der Waals surface area contributed by atoms with Crippen LogP contribution in [0.4, 0.5) is 5.95 Å². The van der Waals surface area contributed by atoms with Crippen molar-refractivity contribution in [3.8, 4) is 17.2 Å². The van der Waals surface area contributed by atoms with Crippen LogP contribution in [0.3, 0.4) is 0 Å². The fourth-order valence-electron chi connectivity index (χ4n) is 2.48. The number of carboxylic acid groups (broad SMARTS) is 1. The molecule has 0 aliphatic carbocycles. The highest BCUT2D eigenvalue weighted by molar-refractivity contribution is 5.90. The largest absolute Gasteiger partial charge is 0.496 e. The summed E-state index contributed by atoms with van der Waals surface area (Å²) in [5.41, 5.74) is 0.600. The van der Waals surface area contributed by atoms with Gasteiger partial charge in [-0.15, -0.1) is 0 Å². The van der Waals surface area contributed by atoms with Gasteiger partial charge in [0, 0.05) is 11.6 Å². The molecular weight excluding hydrogens is 318 g/mol. The first-order valence-electron chi connectivity index (χ1n) is 6.89. The van der Waals surface area contributed by atoms with E-state index in [1.165, 1.54) is 32.1 Å². The number of aliphatic carboxylic acids is 1. The Morgan fingerprint density at radius 1 is 1.17 bits per heavy atom. The van der Waals surface area contributed by atoms with Crippen molar-refractivity contribution in [2.24, 2.45) is 0 Å². The number of methoxy groups -OCH3 is 3. The molecule has 0 saturated carbocycles. The first-order chi connectivity index (χ1) is 11.6. The van der Waals surface area contributed by atoms with Crippen LogP contribution in [-0.4, -0.2) is 52.6 Å². The third kappa shape index (κ3) is 2.47. The number of hydrogen-bond acceptors (Lipinski definition) is 8. The molecule has 0 radical (unpaired) electrons. The number of fused-ring (bicyclic) bond motifs is 1. The van der Waals surface area contributed by atoms with Gasteiger partial charge in [-0.2, -0.15) is 4.68 Å². The lowest BCUT2D eigenvalue weighted by atomic mass is 10.0. The number of nitrogens with zero attached hydrogens (tertiary/aromatic N) is 4. The van der Waals surface area contributed by atoms with Crippen molar-refractivity contribution in [2.45, 2.75) is 6.04 Å². The maximum atomic E-state index is 11.4. The number of aromatic nitrogens is 4. The molecule has 10 nitrogen and oxygen atoms in total. The van der Waals surface area contributed by atoms with Crippen LogP contribution in [0.2, 0.25) is 0 Å². The van der Waals surface area contributed by atoms with Gasteiger partial charge in [0.25, 0.3) is 0 Å². The Labute approximate surface area is 136 Å². The Morgan fingerprint density at radius 2 is 1.83 bits per heavy atom. The average Bonchev–Trinajstić information content (AvgIpc) is 3.08. The molecule has 0 saturated heterocycles. The second kappa shape index (κ2) is 6.07. The zero-order chi connectivity index (χ0) is 17.3. The number of benzene rings is 1. The third-order valence-electron chi connectivity index (χ3n) is 3.61. The van der Waals surface area contributed by atoms with E-state index in [1.807, 2.05) is 0 Å².